The monoisotopic (exact) mass is 351 g/mol. The van der Waals surface area contributed by atoms with Gasteiger partial charge in [-0.1, -0.05) is 24.3 Å². The van der Waals surface area contributed by atoms with Gasteiger partial charge in [0.15, 0.2) is 11.4 Å². The van der Waals surface area contributed by atoms with Crippen molar-refractivity contribution in [1.29, 1.82) is 0 Å². The van der Waals surface area contributed by atoms with Crippen LogP contribution in [0.25, 0.3) is 5.65 Å². The summed E-state index contributed by atoms with van der Waals surface area (Å²) in [5.74, 6) is 0.382. The van der Waals surface area contributed by atoms with Crippen LogP contribution in [0, 0.1) is 6.92 Å². The van der Waals surface area contributed by atoms with Crippen LogP contribution in [-0.2, 0) is 6.42 Å². The lowest BCUT2D eigenvalue weighted by Gasteiger charge is -2.18. The third kappa shape index (κ3) is 2.63. The van der Waals surface area contributed by atoms with E-state index in [0.29, 0.717) is 35.8 Å². The number of imidazole rings is 1. The van der Waals surface area contributed by atoms with Gasteiger partial charge < -0.3 is 15.2 Å². The van der Waals surface area contributed by atoms with Gasteiger partial charge >= 0.3 is 0 Å². The van der Waals surface area contributed by atoms with E-state index in [4.69, 9.17) is 4.74 Å². The third-order valence-corrected chi connectivity index (χ3v) is 4.79. The van der Waals surface area contributed by atoms with Crippen LogP contribution in [-0.4, -0.2) is 33.1 Å². The van der Waals surface area contributed by atoms with Crippen LogP contribution in [0.15, 0.2) is 42.6 Å². The fraction of sp³-hybridized carbons (Fsp3) is 0.300. The lowest BCUT2D eigenvalue weighted by molar-refractivity contribution is 0.0852. The zero-order valence-electron chi connectivity index (χ0n) is 14.8. The number of nitrogens with one attached hydrogen (secondary N) is 1. The molecule has 2 aromatic heterocycles. The normalized spacial score (nSPS) is 18.7. The molecule has 6 heteroatoms. The van der Waals surface area contributed by atoms with Crippen LogP contribution in [0.5, 0.6) is 5.75 Å². The molecule has 1 amide bonds. The van der Waals surface area contributed by atoms with Crippen molar-refractivity contribution in [2.75, 3.05) is 6.61 Å². The van der Waals surface area contributed by atoms with Crippen molar-refractivity contribution in [3.05, 3.63) is 65.1 Å². The van der Waals surface area contributed by atoms with E-state index in [1.165, 1.54) is 0 Å². The van der Waals surface area contributed by atoms with Gasteiger partial charge in [0, 0.05) is 12.6 Å². The van der Waals surface area contributed by atoms with E-state index < -0.39 is 12.1 Å². The maximum Gasteiger partial charge on any atom is 0.270 e. The number of aryl methyl sites for hydroxylation is 1. The van der Waals surface area contributed by atoms with Crippen LogP contribution in [0.4, 0.5) is 0 Å². The molecule has 2 heterocycles. The Bertz CT molecular complexity index is 980. The molecular formula is C20H21N3O3. The molecule has 0 saturated carbocycles. The van der Waals surface area contributed by atoms with Crippen LogP contribution >= 0.6 is 0 Å². The fourth-order valence-corrected chi connectivity index (χ4v) is 3.66. The van der Waals surface area contributed by atoms with E-state index >= 15 is 0 Å². The van der Waals surface area contributed by atoms with Crippen molar-refractivity contribution in [2.24, 2.45) is 0 Å². The van der Waals surface area contributed by atoms with Crippen molar-refractivity contribution < 1.29 is 14.6 Å². The highest BCUT2D eigenvalue weighted by Gasteiger charge is 2.33. The molecule has 0 fully saturated rings. The predicted octanol–water partition coefficient (Wildman–Crippen LogP) is 2.43. The Morgan fingerprint density at radius 2 is 2.15 bits per heavy atom. The zero-order chi connectivity index (χ0) is 18.3. The van der Waals surface area contributed by atoms with Crippen molar-refractivity contribution in [2.45, 2.75) is 32.4 Å². The number of aliphatic hydroxyl groups is 1. The number of carbonyl (C=O) groups is 1. The first-order valence-corrected chi connectivity index (χ1v) is 8.77. The van der Waals surface area contributed by atoms with Gasteiger partial charge in [-0.05, 0) is 37.1 Å². The highest BCUT2D eigenvalue weighted by atomic mass is 16.5. The number of ether oxygens (including phenoxy) is 1. The molecule has 0 aliphatic heterocycles. The standard InChI is InChI=1S/C20H21N3O3/c1-3-26-16-9-6-10-23-18(12(2)21-19(16)23)20(25)22-17-14-8-5-4-7-13(14)11-15(17)24/h4-10,15,17,24H,3,11H2,1-2H3,(H,22,25)/t15-,17-/m0/s1. The van der Waals surface area contributed by atoms with Gasteiger partial charge in [0.1, 0.15) is 5.69 Å². The first kappa shape index (κ1) is 16.6. The number of pyridine rings is 1. The number of nitrogens with zero attached hydrogens (tertiary/aromatic N) is 2. The molecule has 1 aliphatic rings. The minimum atomic E-state index is -0.630. The summed E-state index contributed by atoms with van der Waals surface area (Å²) in [7, 11) is 0. The van der Waals surface area contributed by atoms with Crippen LogP contribution < -0.4 is 10.1 Å². The first-order valence-electron chi connectivity index (χ1n) is 8.77. The molecule has 2 atom stereocenters. The van der Waals surface area contributed by atoms with Gasteiger partial charge in [-0.2, -0.15) is 0 Å². The molecule has 0 spiro atoms. The Morgan fingerprint density at radius 3 is 2.96 bits per heavy atom. The highest BCUT2D eigenvalue weighted by molar-refractivity contribution is 5.95. The number of benzene rings is 1. The summed E-state index contributed by atoms with van der Waals surface area (Å²) in [6.45, 7) is 4.24. The first-order chi connectivity index (χ1) is 12.6. The Labute approximate surface area is 151 Å². The molecule has 1 aromatic carbocycles. The molecule has 3 aromatic rings. The fourth-order valence-electron chi connectivity index (χ4n) is 3.66. The summed E-state index contributed by atoms with van der Waals surface area (Å²) in [4.78, 5) is 17.5. The molecule has 26 heavy (non-hydrogen) atoms. The van der Waals surface area contributed by atoms with Crippen molar-refractivity contribution in [3.63, 3.8) is 0 Å². The Kier molecular flexibility index (Phi) is 4.12. The average Bonchev–Trinajstić information content (AvgIpc) is 3.12. The summed E-state index contributed by atoms with van der Waals surface area (Å²) in [5.41, 5.74) is 3.73. The number of fused-ring (bicyclic) bond motifs is 2. The molecule has 4 rings (SSSR count). The molecular weight excluding hydrogens is 330 g/mol. The van der Waals surface area contributed by atoms with E-state index in [0.717, 1.165) is 11.1 Å². The van der Waals surface area contributed by atoms with E-state index in [-0.39, 0.29) is 5.91 Å². The summed E-state index contributed by atoms with van der Waals surface area (Å²) in [6, 6.07) is 11.0. The smallest absolute Gasteiger partial charge is 0.270 e. The Morgan fingerprint density at radius 1 is 1.35 bits per heavy atom. The minimum absolute atomic E-state index is 0.260. The number of carbonyl (C=O) groups excluding carboxylic acids is 1. The second-order valence-corrected chi connectivity index (χ2v) is 6.47. The van der Waals surface area contributed by atoms with E-state index in [9.17, 15) is 9.90 Å². The largest absolute Gasteiger partial charge is 0.490 e. The van der Waals surface area contributed by atoms with Gasteiger partial charge in [0.05, 0.1) is 24.4 Å². The Balaban J connectivity index is 1.69. The van der Waals surface area contributed by atoms with E-state index in [1.807, 2.05) is 43.3 Å². The molecule has 1 aliphatic carbocycles. The predicted molar refractivity (Wildman–Crippen MR) is 97.5 cm³/mol. The molecule has 2 N–H and O–H groups in total. The SMILES string of the molecule is CCOc1cccn2c(C(=O)N[C@H]3c4ccccc4C[C@@H]3O)c(C)nc12. The number of aromatic nitrogens is 2. The molecule has 0 unspecified atom stereocenters. The van der Waals surface area contributed by atoms with Gasteiger partial charge in [0.25, 0.3) is 5.91 Å². The minimum Gasteiger partial charge on any atom is -0.490 e. The quantitative estimate of drug-likeness (QED) is 0.757. The summed E-state index contributed by atoms with van der Waals surface area (Å²) in [5, 5.41) is 13.4. The van der Waals surface area contributed by atoms with Crippen molar-refractivity contribution in [1.82, 2.24) is 14.7 Å². The van der Waals surface area contributed by atoms with Crippen LogP contribution in [0.2, 0.25) is 0 Å². The molecule has 134 valence electrons. The summed E-state index contributed by atoms with van der Waals surface area (Å²) in [6.07, 6.45) is 1.71. The Hall–Kier alpha value is -2.86. The molecule has 0 bridgehead atoms. The zero-order valence-corrected chi connectivity index (χ0v) is 14.8. The lowest BCUT2D eigenvalue weighted by atomic mass is 10.1. The number of rotatable bonds is 4. The van der Waals surface area contributed by atoms with Gasteiger partial charge in [-0.25, -0.2) is 4.98 Å². The summed E-state index contributed by atoms with van der Waals surface area (Å²) >= 11 is 0. The average molecular weight is 351 g/mol. The number of hydrogen-bond acceptors (Lipinski definition) is 4. The second-order valence-electron chi connectivity index (χ2n) is 6.47. The second kappa shape index (κ2) is 6.46. The van der Waals surface area contributed by atoms with Crippen LogP contribution in [0.1, 0.15) is 40.3 Å². The van der Waals surface area contributed by atoms with Gasteiger partial charge in [-0.15, -0.1) is 0 Å². The maximum atomic E-state index is 13.0. The molecule has 6 nitrogen and oxygen atoms in total. The van der Waals surface area contributed by atoms with Crippen molar-refractivity contribution in [3.8, 4) is 5.75 Å². The highest BCUT2D eigenvalue weighted by Crippen LogP contribution is 2.32. The lowest BCUT2D eigenvalue weighted by Crippen LogP contribution is -2.34. The summed E-state index contributed by atoms with van der Waals surface area (Å²) < 4.78 is 7.35. The van der Waals surface area contributed by atoms with E-state index in [1.54, 1.807) is 17.5 Å². The van der Waals surface area contributed by atoms with Gasteiger partial charge in [-0.3, -0.25) is 9.20 Å². The van der Waals surface area contributed by atoms with Gasteiger partial charge in [0.2, 0.25) is 0 Å². The van der Waals surface area contributed by atoms with Crippen LogP contribution in [0.3, 0.4) is 0 Å². The number of aliphatic hydroxyl groups excluding tert-OH is 1. The van der Waals surface area contributed by atoms with Crippen molar-refractivity contribution >= 4 is 11.6 Å². The third-order valence-electron chi connectivity index (χ3n) is 4.79. The molecule has 0 radical (unpaired) electrons. The topological polar surface area (TPSA) is 75.9 Å². The maximum absolute atomic E-state index is 13.0. The molecule has 0 saturated heterocycles. The number of amides is 1. The number of hydrogen-bond donors (Lipinski definition) is 2. The van der Waals surface area contributed by atoms with E-state index in [2.05, 4.69) is 10.3 Å².